The molecule has 5 unspecified atom stereocenters. The highest BCUT2D eigenvalue weighted by molar-refractivity contribution is 4.89. The molecule has 0 spiro atoms. The molecule has 0 aromatic rings. The number of likely N-dealkylation sites (tertiary alicyclic amines) is 1. The topological polar surface area (TPSA) is 29.3 Å². The highest BCUT2D eigenvalue weighted by Crippen LogP contribution is 2.34. The summed E-state index contributed by atoms with van der Waals surface area (Å²) in [5.41, 5.74) is 6.36. The van der Waals surface area contributed by atoms with Gasteiger partial charge in [0, 0.05) is 18.6 Å². The quantitative estimate of drug-likeness (QED) is 0.781. The Balaban J connectivity index is 1.92. The van der Waals surface area contributed by atoms with Crippen LogP contribution in [0.3, 0.4) is 0 Å². The van der Waals surface area contributed by atoms with Crippen molar-refractivity contribution in [2.45, 2.75) is 58.5 Å². The van der Waals surface area contributed by atoms with Crippen molar-refractivity contribution in [1.82, 2.24) is 4.90 Å². The average molecular weight is 224 g/mol. The van der Waals surface area contributed by atoms with E-state index in [1.165, 1.54) is 38.8 Å². The van der Waals surface area contributed by atoms with Gasteiger partial charge in [-0.3, -0.25) is 0 Å². The van der Waals surface area contributed by atoms with E-state index in [4.69, 9.17) is 5.73 Å². The molecule has 2 fully saturated rings. The van der Waals surface area contributed by atoms with E-state index in [9.17, 15) is 0 Å². The van der Waals surface area contributed by atoms with E-state index in [0.29, 0.717) is 6.04 Å². The molecule has 0 aromatic carbocycles. The minimum Gasteiger partial charge on any atom is -0.327 e. The van der Waals surface area contributed by atoms with Crippen molar-refractivity contribution in [2.75, 3.05) is 13.1 Å². The molecule has 1 saturated heterocycles. The Hall–Kier alpha value is -0.0800. The Morgan fingerprint density at radius 3 is 2.50 bits per heavy atom. The van der Waals surface area contributed by atoms with Crippen LogP contribution in [0.5, 0.6) is 0 Å². The van der Waals surface area contributed by atoms with Crippen molar-refractivity contribution >= 4 is 0 Å². The summed E-state index contributed by atoms with van der Waals surface area (Å²) in [5, 5.41) is 0. The van der Waals surface area contributed by atoms with E-state index in [2.05, 4.69) is 25.7 Å². The maximum Gasteiger partial charge on any atom is 0.00844 e. The molecule has 1 aliphatic carbocycles. The van der Waals surface area contributed by atoms with Crippen molar-refractivity contribution in [1.29, 1.82) is 0 Å². The zero-order valence-electron chi connectivity index (χ0n) is 11.2. The molecule has 5 atom stereocenters. The molecule has 1 saturated carbocycles. The van der Waals surface area contributed by atoms with Gasteiger partial charge in [-0.05, 0) is 56.9 Å². The first-order valence-corrected chi connectivity index (χ1v) is 7.07. The van der Waals surface area contributed by atoms with Gasteiger partial charge in [-0.2, -0.15) is 0 Å². The summed E-state index contributed by atoms with van der Waals surface area (Å²) in [6.45, 7) is 9.67. The molecule has 2 rings (SSSR count). The summed E-state index contributed by atoms with van der Waals surface area (Å²) in [5.74, 6) is 2.38. The molecule has 0 bridgehead atoms. The van der Waals surface area contributed by atoms with Crippen molar-refractivity contribution < 1.29 is 0 Å². The smallest absolute Gasteiger partial charge is 0.00844 e. The number of nitrogens with zero attached hydrogens (tertiary/aromatic N) is 1. The Bertz CT molecular complexity index is 217. The summed E-state index contributed by atoms with van der Waals surface area (Å²) in [6, 6.07) is 1.23. The number of nitrogens with two attached hydrogens (primary N) is 1. The van der Waals surface area contributed by atoms with E-state index in [0.717, 1.165) is 23.8 Å². The fourth-order valence-electron chi connectivity index (χ4n) is 3.82. The first-order valence-electron chi connectivity index (χ1n) is 7.07. The van der Waals surface area contributed by atoms with Gasteiger partial charge in [0.15, 0.2) is 0 Å². The van der Waals surface area contributed by atoms with Gasteiger partial charge in [0.1, 0.15) is 0 Å². The van der Waals surface area contributed by atoms with Crippen LogP contribution < -0.4 is 5.73 Å². The summed E-state index contributed by atoms with van der Waals surface area (Å²) in [6.07, 6.45) is 5.37. The Kier molecular flexibility index (Phi) is 3.91. The van der Waals surface area contributed by atoms with Gasteiger partial charge in [-0.25, -0.2) is 0 Å². The van der Waals surface area contributed by atoms with Crippen molar-refractivity contribution in [3.8, 4) is 0 Å². The minimum atomic E-state index is 0.437. The molecule has 16 heavy (non-hydrogen) atoms. The zero-order chi connectivity index (χ0) is 11.7. The average Bonchev–Trinajstić information content (AvgIpc) is 2.57. The third-order valence-electron chi connectivity index (χ3n) is 4.87. The van der Waals surface area contributed by atoms with Gasteiger partial charge in [-0.1, -0.05) is 13.8 Å². The van der Waals surface area contributed by atoms with E-state index < -0.39 is 0 Å². The highest BCUT2D eigenvalue weighted by atomic mass is 15.2. The fourth-order valence-corrected chi connectivity index (χ4v) is 3.82. The SMILES string of the molecule is CC1CC(C)C(CN2CCCC2C)C(N)C1. The fraction of sp³-hybridized carbons (Fsp3) is 1.00. The lowest BCUT2D eigenvalue weighted by atomic mass is 9.72. The molecule has 2 N–H and O–H groups in total. The van der Waals surface area contributed by atoms with Gasteiger partial charge in [0.25, 0.3) is 0 Å². The summed E-state index contributed by atoms with van der Waals surface area (Å²) in [4.78, 5) is 2.66. The normalized spacial score (nSPS) is 46.1. The first-order chi connectivity index (χ1) is 7.58. The second-order valence-corrected chi connectivity index (χ2v) is 6.37. The highest BCUT2D eigenvalue weighted by Gasteiger charge is 2.34. The zero-order valence-corrected chi connectivity index (χ0v) is 11.2. The lowest BCUT2D eigenvalue weighted by molar-refractivity contribution is 0.115. The van der Waals surface area contributed by atoms with Crippen LogP contribution in [-0.4, -0.2) is 30.1 Å². The van der Waals surface area contributed by atoms with Crippen LogP contribution in [0.15, 0.2) is 0 Å². The van der Waals surface area contributed by atoms with Crippen LogP contribution in [-0.2, 0) is 0 Å². The second-order valence-electron chi connectivity index (χ2n) is 6.37. The molecular formula is C14H28N2. The van der Waals surface area contributed by atoms with Crippen molar-refractivity contribution in [3.63, 3.8) is 0 Å². The van der Waals surface area contributed by atoms with Crippen molar-refractivity contribution in [2.24, 2.45) is 23.5 Å². The molecule has 0 aromatic heterocycles. The van der Waals surface area contributed by atoms with Crippen LogP contribution in [0.2, 0.25) is 0 Å². The Morgan fingerprint density at radius 1 is 1.19 bits per heavy atom. The maximum atomic E-state index is 6.36. The van der Waals surface area contributed by atoms with Crippen molar-refractivity contribution in [3.05, 3.63) is 0 Å². The Labute approximate surface area is 101 Å². The van der Waals surface area contributed by atoms with Gasteiger partial charge >= 0.3 is 0 Å². The van der Waals surface area contributed by atoms with Gasteiger partial charge in [-0.15, -0.1) is 0 Å². The largest absolute Gasteiger partial charge is 0.327 e. The molecule has 2 nitrogen and oxygen atoms in total. The third kappa shape index (κ3) is 2.60. The summed E-state index contributed by atoms with van der Waals surface area (Å²) < 4.78 is 0. The monoisotopic (exact) mass is 224 g/mol. The maximum absolute atomic E-state index is 6.36. The molecule has 0 amide bonds. The minimum absolute atomic E-state index is 0.437. The molecule has 1 heterocycles. The van der Waals surface area contributed by atoms with Gasteiger partial charge < -0.3 is 10.6 Å². The Morgan fingerprint density at radius 2 is 1.94 bits per heavy atom. The van der Waals surface area contributed by atoms with Crippen LogP contribution in [0.4, 0.5) is 0 Å². The molecule has 2 heteroatoms. The summed E-state index contributed by atoms with van der Waals surface area (Å²) >= 11 is 0. The third-order valence-corrected chi connectivity index (χ3v) is 4.87. The molecule has 0 radical (unpaired) electrons. The van der Waals surface area contributed by atoms with Crippen LogP contribution in [0.1, 0.15) is 46.5 Å². The molecule has 1 aliphatic heterocycles. The number of rotatable bonds is 2. The lowest BCUT2D eigenvalue weighted by Gasteiger charge is -2.40. The van der Waals surface area contributed by atoms with Crippen LogP contribution in [0, 0.1) is 17.8 Å². The molecular weight excluding hydrogens is 196 g/mol. The molecule has 94 valence electrons. The molecule has 2 aliphatic rings. The van der Waals surface area contributed by atoms with E-state index in [1.54, 1.807) is 0 Å². The standard InChI is InChI=1S/C14H28N2/c1-10-7-11(2)13(14(15)8-10)9-16-6-4-5-12(16)3/h10-14H,4-9,15H2,1-3H3. The second kappa shape index (κ2) is 5.05. The van der Waals surface area contributed by atoms with E-state index in [-0.39, 0.29) is 0 Å². The van der Waals surface area contributed by atoms with Crippen LogP contribution in [0.25, 0.3) is 0 Å². The van der Waals surface area contributed by atoms with E-state index in [1.807, 2.05) is 0 Å². The first kappa shape index (κ1) is 12.4. The van der Waals surface area contributed by atoms with Gasteiger partial charge in [0.05, 0.1) is 0 Å². The van der Waals surface area contributed by atoms with Gasteiger partial charge in [0.2, 0.25) is 0 Å². The van der Waals surface area contributed by atoms with E-state index >= 15 is 0 Å². The predicted octanol–water partition coefficient (Wildman–Crippen LogP) is 2.48. The summed E-state index contributed by atoms with van der Waals surface area (Å²) in [7, 11) is 0. The number of hydrogen-bond donors (Lipinski definition) is 1. The van der Waals surface area contributed by atoms with Crippen LogP contribution >= 0.6 is 0 Å². The lowest BCUT2D eigenvalue weighted by Crippen LogP contribution is -2.47. The number of hydrogen-bond acceptors (Lipinski definition) is 2. The predicted molar refractivity (Wildman–Crippen MR) is 69.3 cm³/mol.